The average molecular weight is 450 g/mol. The van der Waals surface area contributed by atoms with Crippen LogP contribution in [-0.2, 0) is 0 Å². The van der Waals surface area contributed by atoms with E-state index in [2.05, 4.69) is 0 Å². The molecule has 1 rings (SSSR count). The van der Waals surface area contributed by atoms with Crippen molar-refractivity contribution in [3.05, 3.63) is 11.6 Å². The molecule has 0 saturated heterocycles. The van der Waals surface area contributed by atoms with Gasteiger partial charge in [0.2, 0.25) is 0 Å². The Kier molecular flexibility index (Phi) is 5.83. The summed E-state index contributed by atoms with van der Waals surface area (Å²) in [5, 5.41) is 0. The molecule has 15 heteroatoms. The molecule has 0 aromatic carbocycles. The topological polar surface area (TPSA) is 0 Å². The van der Waals surface area contributed by atoms with Crippen LogP contribution in [0.5, 0.6) is 0 Å². The molecule has 1 aliphatic carbocycles. The molecular weight excluding hydrogens is 441 g/mol. The number of hydrogen-bond acceptors (Lipinski definition) is 0. The van der Waals surface area contributed by atoms with Gasteiger partial charge in [0.05, 0.1) is 0 Å². The summed E-state index contributed by atoms with van der Waals surface area (Å²) in [6.45, 7) is 0. The third-order valence-electron chi connectivity index (χ3n) is 4.10. The standard InChI is InChI=1S/C13H9F15/c14-7(12(23,24)25,6-4-2-1-3-5-6)8(15,16)9(17,18)10(19,20)11(21,22)13(26,27)28/h4H,1-3,5H2. The van der Waals surface area contributed by atoms with Crippen LogP contribution in [-0.4, -0.2) is 41.7 Å². The van der Waals surface area contributed by atoms with Gasteiger partial charge >= 0.3 is 36.0 Å². The van der Waals surface area contributed by atoms with Crippen molar-refractivity contribution in [1.29, 1.82) is 0 Å². The number of alkyl halides is 15. The Labute approximate surface area is 146 Å². The second-order valence-electron chi connectivity index (χ2n) is 5.93. The Balaban J connectivity index is 3.73. The molecule has 0 N–H and O–H groups in total. The Morgan fingerprint density at radius 3 is 1.25 bits per heavy atom. The molecule has 1 atom stereocenters. The minimum Gasteiger partial charge on any atom is -0.222 e. The van der Waals surface area contributed by atoms with Gasteiger partial charge < -0.3 is 0 Å². The molecule has 0 radical (unpaired) electrons. The Morgan fingerprint density at radius 2 is 0.929 bits per heavy atom. The van der Waals surface area contributed by atoms with E-state index >= 15 is 0 Å². The van der Waals surface area contributed by atoms with Crippen molar-refractivity contribution in [3.63, 3.8) is 0 Å². The first-order valence-electron chi connectivity index (χ1n) is 7.14. The van der Waals surface area contributed by atoms with Crippen LogP contribution in [0.4, 0.5) is 65.9 Å². The van der Waals surface area contributed by atoms with Gasteiger partial charge in [-0.25, -0.2) is 4.39 Å². The van der Waals surface area contributed by atoms with Crippen LogP contribution < -0.4 is 0 Å². The van der Waals surface area contributed by atoms with E-state index in [-0.39, 0.29) is 12.5 Å². The second kappa shape index (κ2) is 6.61. The van der Waals surface area contributed by atoms with Crippen LogP contribution in [0.15, 0.2) is 11.6 Å². The number of rotatable bonds is 5. The van der Waals surface area contributed by atoms with Crippen LogP contribution in [0, 0.1) is 0 Å². The zero-order valence-corrected chi connectivity index (χ0v) is 13.1. The number of allylic oxidation sites excluding steroid dienone is 2. The van der Waals surface area contributed by atoms with Crippen molar-refractivity contribution in [2.45, 2.75) is 67.4 Å². The molecule has 0 aliphatic heterocycles. The fourth-order valence-corrected chi connectivity index (χ4v) is 2.50. The highest BCUT2D eigenvalue weighted by molar-refractivity contribution is 5.30. The van der Waals surface area contributed by atoms with Crippen LogP contribution in [0.3, 0.4) is 0 Å². The van der Waals surface area contributed by atoms with Crippen LogP contribution >= 0.6 is 0 Å². The summed E-state index contributed by atoms with van der Waals surface area (Å²) < 4.78 is 196. The van der Waals surface area contributed by atoms with Crippen molar-refractivity contribution in [2.75, 3.05) is 0 Å². The van der Waals surface area contributed by atoms with Gasteiger partial charge in [0.15, 0.2) is 0 Å². The fourth-order valence-electron chi connectivity index (χ4n) is 2.50. The lowest BCUT2D eigenvalue weighted by molar-refractivity contribution is -0.442. The van der Waals surface area contributed by atoms with Gasteiger partial charge in [0, 0.05) is 0 Å². The molecule has 0 bridgehead atoms. The summed E-state index contributed by atoms with van der Waals surface area (Å²) in [6.07, 6.45) is -16.9. The summed E-state index contributed by atoms with van der Waals surface area (Å²) in [5.41, 5.74) is -8.78. The maximum atomic E-state index is 14.4. The molecule has 0 aromatic heterocycles. The maximum absolute atomic E-state index is 14.4. The van der Waals surface area contributed by atoms with Crippen molar-refractivity contribution < 1.29 is 65.9 Å². The quantitative estimate of drug-likeness (QED) is 0.317. The smallest absolute Gasteiger partial charge is 0.222 e. The Hall–Kier alpha value is -1.31. The predicted octanol–water partition coefficient (Wildman–Crippen LogP) is 6.86. The minimum absolute atomic E-state index is 0.0261. The molecule has 166 valence electrons. The van der Waals surface area contributed by atoms with Gasteiger partial charge in [-0.3, -0.25) is 0 Å². The van der Waals surface area contributed by atoms with Gasteiger partial charge in [-0.05, 0) is 31.3 Å². The molecule has 28 heavy (non-hydrogen) atoms. The summed E-state index contributed by atoms with van der Waals surface area (Å²) in [4.78, 5) is 0. The van der Waals surface area contributed by atoms with Gasteiger partial charge in [0.25, 0.3) is 5.67 Å². The van der Waals surface area contributed by atoms with E-state index in [0.29, 0.717) is 0 Å². The zero-order valence-electron chi connectivity index (χ0n) is 13.1. The molecule has 0 spiro atoms. The first-order valence-corrected chi connectivity index (χ1v) is 7.14. The molecular formula is C13H9F15. The third-order valence-corrected chi connectivity index (χ3v) is 4.10. The van der Waals surface area contributed by atoms with E-state index in [1.165, 1.54) is 0 Å². The molecule has 0 amide bonds. The summed E-state index contributed by atoms with van der Waals surface area (Å²) >= 11 is 0. The second-order valence-corrected chi connectivity index (χ2v) is 5.93. The Morgan fingerprint density at radius 1 is 0.500 bits per heavy atom. The zero-order chi connectivity index (χ0) is 22.6. The first kappa shape index (κ1) is 24.7. The molecule has 1 unspecified atom stereocenters. The minimum atomic E-state index is -8.13. The molecule has 0 saturated carbocycles. The van der Waals surface area contributed by atoms with Crippen molar-refractivity contribution in [1.82, 2.24) is 0 Å². The van der Waals surface area contributed by atoms with E-state index in [0.717, 1.165) is 0 Å². The maximum Gasteiger partial charge on any atom is 0.460 e. The molecule has 0 heterocycles. The molecule has 0 fully saturated rings. The van der Waals surface area contributed by atoms with Crippen molar-refractivity contribution in [2.24, 2.45) is 0 Å². The number of halogens is 15. The first-order chi connectivity index (χ1) is 12.1. The highest BCUT2D eigenvalue weighted by Gasteiger charge is 2.93. The van der Waals surface area contributed by atoms with Gasteiger partial charge in [-0.2, -0.15) is 61.5 Å². The predicted molar refractivity (Wildman–Crippen MR) is 62.3 cm³/mol. The molecule has 0 nitrogen and oxygen atoms in total. The van der Waals surface area contributed by atoms with Crippen molar-refractivity contribution in [3.8, 4) is 0 Å². The van der Waals surface area contributed by atoms with Gasteiger partial charge in [0.1, 0.15) is 0 Å². The van der Waals surface area contributed by atoms with Crippen molar-refractivity contribution >= 4 is 0 Å². The number of hydrogen-bond donors (Lipinski definition) is 0. The Bertz CT molecular complexity index is 608. The lowest BCUT2D eigenvalue weighted by Crippen LogP contribution is -2.73. The van der Waals surface area contributed by atoms with Gasteiger partial charge in [-0.15, -0.1) is 0 Å². The van der Waals surface area contributed by atoms with E-state index in [1.54, 1.807) is 0 Å². The van der Waals surface area contributed by atoms with E-state index in [4.69, 9.17) is 0 Å². The summed E-state index contributed by atoms with van der Waals surface area (Å²) in [6, 6.07) is 0. The lowest BCUT2D eigenvalue weighted by Gasteiger charge is -2.44. The summed E-state index contributed by atoms with van der Waals surface area (Å²) in [7, 11) is 0. The third kappa shape index (κ3) is 3.12. The monoisotopic (exact) mass is 450 g/mol. The van der Waals surface area contributed by atoms with Crippen LogP contribution in [0.1, 0.15) is 25.7 Å². The SMILES string of the molecule is FC(F)(F)C(F)(F)C(F)(F)C(F)(F)C(F)(F)C(F)(C1=CCCCC1)C(F)(F)F. The lowest BCUT2D eigenvalue weighted by atomic mass is 9.77. The largest absolute Gasteiger partial charge is 0.460 e. The highest BCUT2D eigenvalue weighted by Crippen LogP contribution is 2.64. The summed E-state index contributed by atoms with van der Waals surface area (Å²) in [5.74, 6) is -31.8. The fraction of sp³-hybridized carbons (Fsp3) is 0.846. The highest BCUT2D eigenvalue weighted by atomic mass is 19.4. The van der Waals surface area contributed by atoms with Crippen LogP contribution in [0.2, 0.25) is 0 Å². The average Bonchev–Trinajstić information content (AvgIpc) is 2.51. The van der Waals surface area contributed by atoms with E-state index in [9.17, 15) is 65.9 Å². The van der Waals surface area contributed by atoms with Gasteiger partial charge in [-0.1, -0.05) is 6.08 Å². The van der Waals surface area contributed by atoms with E-state index < -0.39 is 66.5 Å². The van der Waals surface area contributed by atoms with E-state index in [1.807, 2.05) is 0 Å². The molecule has 0 aromatic rings. The molecule has 1 aliphatic rings. The van der Waals surface area contributed by atoms with Crippen LogP contribution in [0.25, 0.3) is 0 Å². The normalized spacial score (nSPS) is 20.6.